The molecule has 6 nitrogen and oxygen atoms in total. The molecule has 0 amide bonds. The van der Waals surface area contributed by atoms with Crippen LogP contribution < -0.4 is 0 Å². The molecule has 108 valence electrons. The second-order valence-corrected chi connectivity index (χ2v) is 5.07. The summed E-state index contributed by atoms with van der Waals surface area (Å²) in [6.45, 7) is 2.03. The molecule has 0 atom stereocenters. The summed E-state index contributed by atoms with van der Waals surface area (Å²) in [5, 5.41) is 4.38. The van der Waals surface area contributed by atoms with Gasteiger partial charge in [0.2, 0.25) is 5.76 Å². The van der Waals surface area contributed by atoms with Crippen LogP contribution in [0.1, 0.15) is 23.2 Å². The summed E-state index contributed by atoms with van der Waals surface area (Å²) in [5.41, 5.74) is 2.19. The fourth-order valence-electron chi connectivity index (χ4n) is 1.73. The van der Waals surface area contributed by atoms with Crippen molar-refractivity contribution < 1.29 is 18.5 Å². The quantitative estimate of drug-likeness (QED) is 0.528. The van der Waals surface area contributed by atoms with Crippen molar-refractivity contribution in [2.24, 2.45) is 0 Å². The molecule has 0 bridgehead atoms. The second kappa shape index (κ2) is 6.01. The summed E-state index contributed by atoms with van der Waals surface area (Å²) in [6, 6.07) is 9.11. The fourth-order valence-corrected chi connectivity index (χ4v) is 2.45. The molecule has 0 fully saturated rings. The maximum atomic E-state index is 11.5. The first-order valence-electron chi connectivity index (χ1n) is 6.37. The van der Waals surface area contributed by atoms with E-state index in [0.29, 0.717) is 23.3 Å². The van der Waals surface area contributed by atoms with Gasteiger partial charge in [-0.1, -0.05) is 29.1 Å². The molecule has 3 aromatic rings. The van der Waals surface area contributed by atoms with Crippen LogP contribution in [0.5, 0.6) is 0 Å². The molecule has 0 spiro atoms. The van der Waals surface area contributed by atoms with Gasteiger partial charge < -0.3 is 13.7 Å². The van der Waals surface area contributed by atoms with Gasteiger partial charge >= 0.3 is 5.97 Å². The lowest BCUT2D eigenvalue weighted by Crippen LogP contribution is -2.02. The molecule has 3 rings (SSSR count). The van der Waals surface area contributed by atoms with Crippen molar-refractivity contribution in [2.45, 2.75) is 17.9 Å². The Morgan fingerprint density at radius 1 is 1.38 bits per heavy atom. The summed E-state index contributed by atoms with van der Waals surface area (Å²) >= 11 is 1.39. The van der Waals surface area contributed by atoms with Gasteiger partial charge in [0.1, 0.15) is 5.52 Å². The predicted octanol–water partition coefficient (Wildman–Crippen LogP) is 3.28. The van der Waals surface area contributed by atoms with E-state index >= 15 is 0 Å². The van der Waals surface area contributed by atoms with E-state index in [-0.39, 0.29) is 5.76 Å². The van der Waals surface area contributed by atoms with Crippen molar-refractivity contribution in [3.63, 3.8) is 0 Å². The van der Waals surface area contributed by atoms with E-state index in [4.69, 9.17) is 13.7 Å². The molecular weight excluding hydrogens is 292 g/mol. The standard InChI is InChI=1S/C14H12N2O4S/c1-2-18-13(17)12-7-9(16-20-12)8-21-14-15-10-5-3-4-6-11(10)19-14/h3-7H,2,8H2,1H3. The first-order valence-corrected chi connectivity index (χ1v) is 7.36. The van der Waals surface area contributed by atoms with Gasteiger partial charge in [-0.15, -0.1) is 0 Å². The van der Waals surface area contributed by atoms with Crippen molar-refractivity contribution in [1.29, 1.82) is 0 Å². The van der Waals surface area contributed by atoms with E-state index < -0.39 is 5.97 Å². The zero-order valence-corrected chi connectivity index (χ0v) is 12.1. The van der Waals surface area contributed by atoms with Crippen LogP contribution in [-0.2, 0) is 10.5 Å². The Morgan fingerprint density at radius 3 is 3.05 bits per heavy atom. The minimum absolute atomic E-state index is 0.102. The number of ether oxygens (including phenoxy) is 1. The number of fused-ring (bicyclic) bond motifs is 1. The first kappa shape index (κ1) is 13.7. The van der Waals surface area contributed by atoms with Crippen LogP contribution >= 0.6 is 11.8 Å². The molecule has 0 saturated carbocycles. The number of esters is 1. The lowest BCUT2D eigenvalue weighted by molar-refractivity contribution is 0.0479. The fraction of sp³-hybridized carbons (Fsp3) is 0.214. The number of carbonyl (C=O) groups excluding carboxylic acids is 1. The number of hydrogen-bond acceptors (Lipinski definition) is 7. The number of aromatic nitrogens is 2. The molecule has 21 heavy (non-hydrogen) atoms. The maximum Gasteiger partial charge on any atom is 0.377 e. The monoisotopic (exact) mass is 304 g/mol. The predicted molar refractivity (Wildman–Crippen MR) is 76.0 cm³/mol. The molecule has 0 radical (unpaired) electrons. The zero-order chi connectivity index (χ0) is 14.7. The molecular formula is C14H12N2O4S. The minimum Gasteiger partial charge on any atom is -0.460 e. The highest BCUT2D eigenvalue weighted by molar-refractivity contribution is 7.98. The Hall–Kier alpha value is -2.28. The van der Waals surface area contributed by atoms with Gasteiger partial charge in [-0.3, -0.25) is 0 Å². The number of carbonyl (C=O) groups is 1. The highest BCUT2D eigenvalue weighted by atomic mass is 32.2. The smallest absolute Gasteiger partial charge is 0.377 e. The van der Waals surface area contributed by atoms with Gasteiger partial charge in [0.25, 0.3) is 5.22 Å². The average molecular weight is 304 g/mol. The molecule has 1 aromatic carbocycles. The van der Waals surface area contributed by atoms with E-state index in [2.05, 4.69) is 10.1 Å². The highest BCUT2D eigenvalue weighted by Gasteiger charge is 2.15. The van der Waals surface area contributed by atoms with E-state index in [0.717, 1.165) is 11.1 Å². The van der Waals surface area contributed by atoms with Gasteiger partial charge in [-0.05, 0) is 19.1 Å². The van der Waals surface area contributed by atoms with Gasteiger partial charge in [0, 0.05) is 11.8 Å². The summed E-state index contributed by atoms with van der Waals surface area (Å²) in [7, 11) is 0. The Morgan fingerprint density at radius 2 is 2.24 bits per heavy atom. The van der Waals surface area contributed by atoms with Crippen molar-refractivity contribution in [1.82, 2.24) is 10.1 Å². The molecule has 2 aromatic heterocycles. The number of para-hydroxylation sites is 2. The van der Waals surface area contributed by atoms with E-state index in [1.807, 2.05) is 24.3 Å². The van der Waals surface area contributed by atoms with Crippen molar-refractivity contribution in [2.75, 3.05) is 6.61 Å². The van der Waals surface area contributed by atoms with Gasteiger partial charge in [0.15, 0.2) is 5.58 Å². The first-order chi connectivity index (χ1) is 10.3. The van der Waals surface area contributed by atoms with Crippen LogP contribution in [0.25, 0.3) is 11.1 Å². The Bertz CT molecular complexity index is 732. The third-order valence-corrected chi connectivity index (χ3v) is 3.52. The molecule has 0 aliphatic heterocycles. The lowest BCUT2D eigenvalue weighted by Gasteiger charge is -1.94. The van der Waals surface area contributed by atoms with E-state index in [1.54, 1.807) is 13.0 Å². The maximum absolute atomic E-state index is 11.5. The molecule has 0 N–H and O–H groups in total. The average Bonchev–Trinajstić information content (AvgIpc) is 3.11. The molecule has 0 aliphatic rings. The van der Waals surface area contributed by atoms with E-state index in [9.17, 15) is 4.79 Å². The van der Waals surface area contributed by atoms with Crippen LogP contribution in [0.3, 0.4) is 0 Å². The van der Waals surface area contributed by atoms with Crippen molar-refractivity contribution in [3.05, 3.63) is 41.8 Å². The third-order valence-electron chi connectivity index (χ3n) is 2.65. The Balaban J connectivity index is 1.66. The van der Waals surface area contributed by atoms with Crippen LogP contribution in [0.2, 0.25) is 0 Å². The van der Waals surface area contributed by atoms with Crippen molar-refractivity contribution in [3.8, 4) is 0 Å². The lowest BCUT2D eigenvalue weighted by atomic mass is 10.3. The Labute approximate surface area is 124 Å². The molecule has 2 heterocycles. The van der Waals surface area contributed by atoms with Crippen LogP contribution in [0, 0.1) is 0 Å². The number of thioether (sulfide) groups is 1. The highest BCUT2D eigenvalue weighted by Crippen LogP contribution is 2.26. The number of oxazole rings is 1. The van der Waals surface area contributed by atoms with Crippen LogP contribution in [0.15, 0.2) is 44.5 Å². The largest absolute Gasteiger partial charge is 0.460 e. The molecule has 0 unspecified atom stereocenters. The number of nitrogens with zero attached hydrogens (tertiary/aromatic N) is 2. The van der Waals surface area contributed by atoms with Crippen LogP contribution in [0.4, 0.5) is 0 Å². The molecule has 0 saturated heterocycles. The number of rotatable bonds is 5. The summed E-state index contributed by atoms with van der Waals surface area (Å²) in [4.78, 5) is 15.8. The van der Waals surface area contributed by atoms with E-state index in [1.165, 1.54) is 11.8 Å². The van der Waals surface area contributed by atoms with Crippen molar-refractivity contribution >= 4 is 28.8 Å². The Kier molecular flexibility index (Phi) is 3.92. The summed E-state index contributed by atoms with van der Waals surface area (Å²) in [5.74, 6) is 0.0866. The SMILES string of the molecule is CCOC(=O)c1cc(CSc2nc3ccccc3o2)no1. The van der Waals surface area contributed by atoms with Crippen LogP contribution in [-0.4, -0.2) is 22.7 Å². The van der Waals surface area contributed by atoms with Gasteiger partial charge in [-0.25, -0.2) is 9.78 Å². The molecule has 0 aliphatic carbocycles. The van der Waals surface area contributed by atoms with Gasteiger partial charge in [-0.2, -0.15) is 0 Å². The minimum atomic E-state index is -0.511. The third kappa shape index (κ3) is 3.08. The second-order valence-electron chi connectivity index (χ2n) is 4.14. The topological polar surface area (TPSA) is 78.4 Å². The number of benzene rings is 1. The number of hydrogen-bond donors (Lipinski definition) is 0. The summed E-state index contributed by atoms with van der Waals surface area (Å²) < 4.78 is 15.4. The normalized spacial score (nSPS) is 10.9. The zero-order valence-electron chi connectivity index (χ0n) is 11.2. The summed E-state index contributed by atoms with van der Waals surface area (Å²) in [6.07, 6.45) is 0. The molecule has 7 heteroatoms. The van der Waals surface area contributed by atoms with Gasteiger partial charge in [0.05, 0.1) is 12.3 Å².